The first kappa shape index (κ1) is 14.2. The van der Waals surface area contributed by atoms with E-state index in [0.717, 1.165) is 18.0 Å². The number of nitrogens with zero attached hydrogens (tertiary/aromatic N) is 1. The predicted molar refractivity (Wildman–Crippen MR) is 78.0 cm³/mol. The zero-order chi connectivity index (χ0) is 13.7. The monoisotopic (exact) mass is 263 g/mol. The molecule has 1 aliphatic heterocycles. The molecule has 0 aromatic heterocycles. The Hall–Kier alpha value is -1.22. The molecule has 1 aromatic carbocycles. The fraction of sp³-hybridized carbons (Fsp3) is 0.625. The Labute approximate surface area is 116 Å². The Balaban J connectivity index is 2.30. The van der Waals surface area contributed by atoms with Crippen molar-refractivity contribution in [3.05, 3.63) is 23.8 Å². The van der Waals surface area contributed by atoms with Crippen molar-refractivity contribution < 1.29 is 9.47 Å². The van der Waals surface area contributed by atoms with Crippen LogP contribution in [0.2, 0.25) is 0 Å². The molecule has 0 saturated carbocycles. The molecule has 19 heavy (non-hydrogen) atoms. The molecule has 106 valence electrons. The second-order valence-corrected chi connectivity index (χ2v) is 5.16. The Kier molecular flexibility index (Phi) is 5.08. The van der Waals surface area contributed by atoms with Gasteiger partial charge >= 0.3 is 0 Å². The molecule has 3 nitrogen and oxygen atoms in total. The number of methoxy groups -OCH3 is 2. The highest BCUT2D eigenvalue weighted by Crippen LogP contribution is 2.37. The molecule has 0 bridgehead atoms. The Morgan fingerprint density at radius 2 is 2.05 bits per heavy atom. The fourth-order valence-electron chi connectivity index (χ4n) is 3.00. The van der Waals surface area contributed by atoms with Gasteiger partial charge in [0.1, 0.15) is 11.5 Å². The van der Waals surface area contributed by atoms with Gasteiger partial charge in [0.2, 0.25) is 0 Å². The van der Waals surface area contributed by atoms with Gasteiger partial charge in [0.15, 0.2) is 0 Å². The number of likely N-dealkylation sites (tertiary alicyclic amines) is 1. The highest BCUT2D eigenvalue weighted by molar-refractivity contribution is 5.42. The summed E-state index contributed by atoms with van der Waals surface area (Å²) in [6.45, 7) is 4.60. The highest BCUT2D eigenvalue weighted by Gasteiger charge is 2.26. The Morgan fingerprint density at radius 1 is 1.21 bits per heavy atom. The SMILES string of the molecule is CCCN1CCCC[C@@H]1c1cc(OC)ccc1OC. The van der Waals surface area contributed by atoms with Crippen LogP contribution in [0, 0.1) is 0 Å². The van der Waals surface area contributed by atoms with Gasteiger partial charge in [-0.25, -0.2) is 0 Å². The molecule has 0 unspecified atom stereocenters. The summed E-state index contributed by atoms with van der Waals surface area (Å²) in [7, 11) is 3.47. The van der Waals surface area contributed by atoms with Crippen molar-refractivity contribution in [2.24, 2.45) is 0 Å². The molecule has 2 rings (SSSR count). The van der Waals surface area contributed by atoms with Gasteiger partial charge in [-0.15, -0.1) is 0 Å². The van der Waals surface area contributed by atoms with E-state index in [9.17, 15) is 0 Å². The molecule has 0 N–H and O–H groups in total. The Bertz CT molecular complexity index is 404. The minimum absolute atomic E-state index is 0.471. The lowest BCUT2D eigenvalue weighted by Crippen LogP contribution is -2.34. The maximum absolute atomic E-state index is 5.54. The average Bonchev–Trinajstić information content (AvgIpc) is 2.47. The van der Waals surface area contributed by atoms with Gasteiger partial charge in [-0.05, 0) is 50.6 Å². The van der Waals surface area contributed by atoms with Crippen LogP contribution in [0.15, 0.2) is 18.2 Å². The largest absolute Gasteiger partial charge is 0.497 e. The lowest BCUT2D eigenvalue weighted by atomic mass is 9.94. The predicted octanol–water partition coefficient (Wildman–Crippen LogP) is 3.64. The minimum Gasteiger partial charge on any atom is -0.497 e. The molecule has 0 radical (unpaired) electrons. The van der Waals surface area contributed by atoms with Crippen molar-refractivity contribution in [1.82, 2.24) is 4.90 Å². The summed E-state index contributed by atoms with van der Waals surface area (Å²) in [6.07, 6.45) is 5.01. The van der Waals surface area contributed by atoms with Crippen molar-refractivity contribution in [3.8, 4) is 11.5 Å². The number of hydrogen-bond donors (Lipinski definition) is 0. The second-order valence-electron chi connectivity index (χ2n) is 5.16. The first-order chi connectivity index (χ1) is 9.30. The highest BCUT2D eigenvalue weighted by atomic mass is 16.5. The molecular weight excluding hydrogens is 238 g/mol. The lowest BCUT2D eigenvalue weighted by Gasteiger charge is -2.36. The molecule has 1 heterocycles. The summed E-state index contributed by atoms with van der Waals surface area (Å²) >= 11 is 0. The van der Waals surface area contributed by atoms with Crippen LogP contribution >= 0.6 is 0 Å². The summed E-state index contributed by atoms with van der Waals surface area (Å²) in [4.78, 5) is 2.58. The third-order valence-corrected chi connectivity index (χ3v) is 3.92. The smallest absolute Gasteiger partial charge is 0.123 e. The Morgan fingerprint density at radius 3 is 2.74 bits per heavy atom. The molecule has 1 atom stereocenters. The summed E-state index contributed by atoms with van der Waals surface area (Å²) < 4.78 is 10.9. The normalized spacial score (nSPS) is 20.3. The van der Waals surface area contributed by atoms with Crippen LogP contribution in [0.3, 0.4) is 0 Å². The van der Waals surface area contributed by atoms with Gasteiger partial charge in [-0.1, -0.05) is 13.3 Å². The molecule has 0 spiro atoms. The van der Waals surface area contributed by atoms with E-state index in [1.807, 2.05) is 12.1 Å². The zero-order valence-electron chi connectivity index (χ0n) is 12.3. The molecule has 3 heteroatoms. The van der Waals surface area contributed by atoms with Gasteiger partial charge in [0.25, 0.3) is 0 Å². The number of piperidine rings is 1. The van der Waals surface area contributed by atoms with Gasteiger partial charge < -0.3 is 9.47 Å². The first-order valence-corrected chi connectivity index (χ1v) is 7.26. The third-order valence-electron chi connectivity index (χ3n) is 3.92. The summed E-state index contributed by atoms with van der Waals surface area (Å²) in [6, 6.07) is 6.60. The van der Waals surface area contributed by atoms with E-state index in [1.165, 1.54) is 37.8 Å². The van der Waals surface area contributed by atoms with Crippen molar-refractivity contribution in [2.75, 3.05) is 27.3 Å². The molecule has 1 saturated heterocycles. The molecule has 1 aliphatic rings. The first-order valence-electron chi connectivity index (χ1n) is 7.26. The van der Waals surface area contributed by atoms with Crippen LogP contribution in [0.5, 0.6) is 11.5 Å². The van der Waals surface area contributed by atoms with E-state index in [4.69, 9.17) is 9.47 Å². The fourth-order valence-corrected chi connectivity index (χ4v) is 3.00. The van der Waals surface area contributed by atoms with Crippen LogP contribution < -0.4 is 9.47 Å². The van der Waals surface area contributed by atoms with Crippen molar-refractivity contribution >= 4 is 0 Å². The summed E-state index contributed by atoms with van der Waals surface area (Å²) in [5, 5.41) is 0. The topological polar surface area (TPSA) is 21.7 Å². The van der Waals surface area contributed by atoms with Crippen LogP contribution in [0.4, 0.5) is 0 Å². The van der Waals surface area contributed by atoms with Gasteiger partial charge in [-0.2, -0.15) is 0 Å². The second kappa shape index (κ2) is 6.80. The number of ether oxygens (including phenoxy) is 2. The summed E-state index contributed by atoms with van der Waals surface area (Å²) in [5.74, 6) is 1.90. The van der Waals surface area contributed by atoms with E-state index in [-0.39, 0.29) is 0 Å². The van der Waals surface area contributed by atoms with Gasteiger partial charge in [0, 0.05) is 11.6 Å². The summed E-state index contributed by atoms with van der Waals surface area (Å²) in [5.41, 5.74) is 1.27. The van der Waals surface area contributed by atoms with Crippen LogP contribution in [0.25, 0.3) is 0 Å². The van der Waals surface area contributed by atoms with Crippen molar-refractivity contribution in [1.29, 1.82) is 0 Å². The standard InChI is InChI=1S/C16H25NO2/c1-4-10-17-11-6-5-7-15(17)14-12-13(18-2)8-9-16(14)19-3/h8-9,12,15H,4-7,10-11H2,1-3H3/t15-/m1/s1. The maximum atomic E-state index is 5.54. The van der Waals surface area contributed by atoms with E-state index >= 15 is 0 Å². The number of hydrogen-bond acceptors (Lipinski definition) is 3. The molecule has 0 amide bonds. The molecule has 0 aliphatic carbocycles. The van der Waals surface area contributed by atoms with Gasteiger partial charge in [0.05, 0.1) is 14.2 Å². The van der Waals surface area contributed by atoms with E-state index < -0.39 is 0 Å². The van der Waals surface area contributed by atoms with E-state index in [2.05, 4.69) is 17.9 Å². The number of rotatable bonds is 5. The maximum Gasteiger partial charge on any atom is 0.123 e. The van der Waals surface area contributed by atoms with Crippen LogP contribution in [-0.4, -0.2) is 32.2 Å². The lowest BCUT2D eigenvalue weighted by molar-refractivity contribution is 0.146. The van der Waals surface area contributed by atoms with Gasteiger partial charge in [-0.3, -0.25) is 4.90 Å². The van der Waals surface area contributed by atoms with Crippen molar-refractivity contribution in [2.45, 2.75) is 38.6 Å². The molecule has 1 aromatic rings. The zero-order valence-corrected chi connectivity index (χ0v) is 12.3. The molecular formula is C16H25NO2. The van der Waals surface area contributed by atoms with Crippen LogP contribution in [0.1, 0.15) is 44.2 Å². The average molecular weight is 263 g/mol. The van der Waals surface area contributed by atoms with Crippen LogP contribution in [-0.2, 0) is 0 Å². The molecule has 1 fully saturated rings. The van der Waals surface area contributed by atoms with E-state index in [0.29, 0.717) is 6.04 Å². The van der Waals surface area contributed by atoms with E-state index in [1.54, 1.807) is 14.2 Å². The quantitative estimate of drug-likeness (QED) is 0.809. The third kappa shape index (κ3) is 3.21. The van der Waals surface area contributed by atoms with Crippen molar-refractivity contribution in [3.63, 3.8) is 0 Å². The number of benzene rings is 1. The minimum atomic E-state index is 0.471.